The predicted molar refractivity (Wildman–Crippen MR) is 161 cm³/mol. The molecule has 0 fully saturated rings. The predicted octanol–water partition coefficient (Wildman–Crippen LogP) is 4.17. The first kappa shape index (κ1) is 45.2. The topological polar surface area (TPSA) is 225 Å². The van der Waals surface area contributed by atoms with E-state index in [4.69, 9.17) is 24.2 Å². The van der Waals surface area contributed by atoms with Gasteiger partial charge in [-0.25, -0.2) is 9.13 Å². The van der Waals surface area contributed by atoms with Gasteiger partial charge in [-0.1, -0.05) is 79.1 Å². The number of esters is 2. The Morgan fingerprint density at radius 1 is 0.614 bits per heavy atom. The smallest absolute Gasteiger partial charge is 0.462 e. The lowest BCUT2D eigenvalue weighted by Crippen LogP contribution is -2.30. The zero-order valence-electron chi connectivity index (χ0n) is 26.7. The number of rotatable bonds is 27. The second-order valence-corrected chi connectivity index (χ2v) is 13.0. The number of unbranched alkanes of at least 4 members (excludes halogenated alkanes) is 7. The van der Waals surface area contributed by atoms with Gasteiger partial charge in [-0.15, -0.1) is 0 Å². The van der Waals surface area contributed by atoms with Crippen molar-refractivity contribution in [2.75, 3.05) is 39.6 Å². The van der Waals surface area contributed by atoms with Gasteiger partial charge >= 0.3 is 27.6 Å². The molecule has 0 aromatic heterocycles. The highest BCUT2D eigenvalue weighted by Gasteiger charge is 2.29. The first-order valence-electron chi connectivity index (χ1n) is 15.3. The van der Waals surface area contributed by atoms with Crippen molar-refractivity contribution < 1.29 is 71.4 Å². The Bertz CT molecular complexity index is 814. The Balaban J connectivity index is 0. The Morgan fingerprint density at radius 2 is 1.02 bits per heavy atom. The SMILES string of the molecule is CCC.CCCCCCCCC(=O)OC[C@H](COP(=O)(O)OC[C@@H](O)COP(=O)(O)OC[C@H](O)CO)OC(=O)CCCCC. The number of aliphatic hydroxyl groups excluding tert-OH is 3. The van der Waals surface area contributed by atoms with Crippen molar-refractivity contribution in [3.05, 3.63) is 0 Å². The van der Waals surface area contributed by atoms with Crippen LogP contribution in [0.5, 0.6) is 0 Å². The van der Waals surface area contributed by atoms with Gasteiger partial charge in [-0.05, 0) is 12.8 Å². The molecule has 15 nitrogen and oxygen atoms in total. The van der Waals surface area contributed by atoms with E-state index in [0.717, 1.165) is 44.9 Å². The van der Waals surface area contributed by atoms with E-state index in [1.165, 1.54) is 6.42 Å². The van der Waals surface area contributed by atoms with Crippen LogP contribution in [-0.4, -0.2) is 95.0 Å². The Kier molecular flexibility index (Phi) is 29.0. The molecular weight excluding hydrogens is 626 g/mol. The molecule has 0 amide bonds. The summed E-state index contributed by atoms with van der Waals surface area (Å²) in [6.07, 6.45) is 5.41. The summed E-state index contributed by atoms with van der Waals surface area (Å²) in [7, 11) is -9.51. The molecule has 44 heavy (non-hydrogen) atoms. The Labute approximate surface area is 261 Å². The highest BCUT2D eigenvalue weighted by molar-refractivity contribution is 7.47. The molecule has 17 heteroatoms. The van der Waals surface area contributed by atoms with E-state index in [9.17, 15) is 33.6 Å². The summed E-state index contributed by atoms with van der Waals surface area (Å²) in [5.41, 5.74) is 0. The molecule has 5 atom stereocenters. The monoisotopic (exact) mass is 682 g/mol. The standard InChI is InChI=1S/C24H48O15P2.C3H8/c1-3-5-7-8-9-11-12-23(28)34-18-22(39-24(29)13-10-6-4-2)19-38-41(32,33)37-17-21(27)16-36-40(30,31)35-15-20(26)14-25;1-3-2/h20-22,25-27H,3-19H2,1-2H3,(H,30,31)(H,32,33);3H2,1-2H3/t20-,21+,22-;/m1./s1. The first-order valence-corrected chi connectivity index (χ1v) is 18.3. The molecule has 0 spiro atoms. The lowest BCUT2D eigenvalue weighted by Gasteiger charge is -2.21. The van der Waals surface area contributed by atoms with Crippen LogP contribution in [0.15, 0.2) is 0 Å². The van der Waals surface area contributed by atoms with E-state index in [1.807, 2.05) is 6.92 Å². The number of hydrogen-bond donors (Lipinski definition) is 5. The summed E-state index contributed by atoms with van der Waals surface area (Å²) >= 11 is 0. The van der Waals surface area contributed by atoms with Crippen LogP contribution in [0.25, 0.3) is 0 Å². The summed E-state index contributed by atoms with van der Waals surface area (Å²) in [6, 6.07) is 0. The molecule has 0 aliphatic carbocycles. The summed E-state index contributed by atoms with van der Waals surface area (Å²) < 4.78 is 52.7. The number of ether oxygens (including phenoxy) is 2. The lowest BCUT2D eigenvalue weighted by atomic mass is 10.1. The Hall–Kier alpha value is -0.960. The second-order valence-electron chi connectivity index (χ2n) is 10.1. The fourth-order valence-electron chi connectivity index (χ4n) is 3.08. The van der Waals surface area contributed by atoms with Crippen molar-refractivity contribution in [1.29, 1.82) is 0 Å². The van der Waals surface area contributed by atoms with Crippen molar-refractivity contribution in [3.63, 3.8) is 0 Å². The van der Waals surface area contributed by atoms with Gasteiger partial charge in [0.25, 0.3) is 0 Å². The fourth-order valence-corrected chi connectivity index (χ4v) is 4.67. The molecule has 0 aliphatic rings. The minimum Gasteiger partial charge on any atom is -0.462 e. The molecule has 0 bridgehead atoms. The van der Waals surface area contributed by atoms with E-state index < -0.39 is 85.5 Å². The summed E-state index contributed by atoms with van der Waals surface area (Å²) in [6.45, 7) is 4.13. The molecule has 264 valence electrons. The molecule has 0 heterocycles. The van der Waals surface area contributed by atoms with Gasteiger partial charge in [0.2, 0.25) is 0 Å². The van der Waals surface area contributed by atoms with Crippen LogP contribution in [-0.2, 0) is 46.3 Å². The van der Waals surface area contributed by atoms with Crippen LogP contribution >= 0.6 is 15.6 Å². The summed E-state index contributed by atoms with van der Waals surface area (Å²) in [5.74, 6) is -1.10. The van der Waals surface area contributed by atoms with Crippen LogP contribution in [0.1, 0.15) is 105 Å². The second kappa shape index (κ2) is 28.3. The third-order valence-corrected chi connectivity index (χ3v) is 7.27. The number of hydrogen-bond acceptors (Lipinski definition) is 13. The molecule has 0 rings (SSSR count). The average molecular weight is 683 g/mol. The van der Waals surface area contributed by atoms with Crippen LogP contribution in [0.4, 0.5) is 0 Å². The van der Waals surface area contributed by atoms with Gasteiger partial charge in [0.15, 0.2) is 6.10 Å². The normalized spacial score (nSPS) is 16.0. The number of aliphatic hydroxyl groups is 3. The number of phosphoric acid groups is 2. The average Bonchev–Trinajstić information content (AvgIpc) is 2.97. The summed E-state index contributed by atoms with van der Waals surface area (Å²) in [5, 5.41) is 27.6. The molecule has 0 aromatic carbocycles. The highest BCUT2D eigenvalue weighted by atomic mass is 31.2. The van der Waals surface area contributed by atoms with Crippen LogP contribution in [0.3, 0.4) is 0 Å². The van der Waals surface area contributed by atoms with Crippen LogP contribution in [0.2, 0.25) is 0 Å². The molecular formula is C27H56O15P2. The third kappa shape index (κ3) is 29.7. The molecule has 0 aliphatic heterocycles. The molecule has 0 radical (unpaired) electrons. The van der Waals surface area contributed by atoms with Gasteiger partial charge in [0.05, 0.1) is 33.0 Å². The Morgan fingerprint density at radius 3 is 1.55 bits per heavy atom. The highest BCUT2D eigenvalue weighted by Crippen LogP contribution is 2.45. The van der Waals surface area contributed by atoms with Gasteiger partial charge in [0, 0.05) is 12.8 Å². The maximum atomic E-state index is 12.2. The van der Waals surface area contributed by atoms with Gasteiger partial charge in [-0.3, -0.25) is 27.7 Å². The van der Waals surface area contributed by atoms with Crippen LogP contribution < -0.4 is 0 Å². The quantitative estimate of drug-likeness (QED) is 0.0466. The van der Waals surface area contributed by atoms with E-state index in [-0.39, 0.29) is 12.8 Å². The van der Waals surface area contributed by atoms with Crippen molar-refractivity contribution in [2.24, 2.45) is 0 Å². The molecule has 0 saturated heterocycles. The van der Waals surface area contributed by atoms with Crippen LogP contribution in [0, 0.1) is 0 Å². The largest absolute Gasteiger partial charge is 0.472 e. The number of carbonyl (C=O) groups is 2. The van der Waals surface area contributed by atoms with Gasteiger partial charge < -0.3 is 34.6 Å². The zero-order valence-corrected chi connectivity index (χ0v) is 28.5. The number of phosphoric ester groups is 2. The fraction of sp³-hybridized carbons (Fsp3) is 0.926. The maximum Gasteiger partial charge on any atom is 0.472 e. The number of carbonyl (C=O) groups excluding carboxylic acids is 2. The van der Waals surface area contributed by atoms with E-state index in [0.29, 0.717) is 12.8 Å². The van der Waals surface area contributed by atoms with Crippen molar-refractivity contribution in [3.8, 4) is 0 Å². The first-order chi connectivity index (χ1) is 20.7. The van der Waals surface area contributed by atoms with Crippen molar-refractivity contribution in [1.82, 2.24) is 0 Å². The molecule has 2 unspecified atom stereocenters. The van der Waals surface area contributed by atoms with Gasteiger partial charge in [-0.2, -0.15) is 0 Å². The lowest BCUT2D eigenvalue weighted by molar-refractivity contribution is -0.161. The van der Waals surface area contributed by atoms with Crippen molar-refractivity contribution >= 4 is 27.6 Å². The minimum atomic E-state index is -4.81. The van der Waals surface area contributed by atoms with Gasteiger partial charge in [0.1, 0.15) is 18.8 Å². The molecule has 0 saturated carbocycles. The minimum absolute atomic E-state index is 0.104. The van der Waals surface area contributed by atoms with E-state index in [2.05, 4.69) is 34.3 Å². The maximum absolute atomic E-state index is 12.2. The third-order valence-electron chi connectivity index (χ3n) is 5.37. The van der Waals surface area contributed by atoms with E-state index in [1.54, 1.807) is 0 Å². The van der Waals surface area contributed by atoms with Crippen molar-refractivity contribution in [2.45, 2.75) is 123 Å². The molecule has 5 N–H and O–H groups in total. The zero-order chi connectivity index (χ0) is 33.9. The summed E-state index contributed by atoms with van der Waals surface area (Å²) in [4.78, 5) is 43.6. The molecule has 0 aromatic rings. The van der Waals surface area contributed by atoms with E-state index >= 15 is 0 Å².